The highest BCUT2D eigenvalue weighted by Gasteiger charge is 2.23. The zero-order valence-corrected chi connectivity index (χ0v) is 8.36. The number of alkyl halides is 2. The summed E-state index contributed by atoms with van der Waals surface area (Å²) in [5.74, 6) is 0. The summed E-state index contributed by atoms with van der Waals surface area (Å²) in [6, 6.07) is 0.374. The van der Waals surface area contributed by atoms with Crippen LogP contribution < -0.4 is 5.73 Å². The Morgan fingerprint density at radius 2 is 1.89 bits per heavy atom. The SMILES string of the molecule is NC1CCC(Br)CC1Br. The van der Waals surface area contributed by atoms with Crippen LogP contribution in [0.25, 0.3) is 0 Å². The van der Waals surface area contributed by atoms with Gasteiger partial charge in [-0.1, -0.05) is 31.9 Å². The van der Waals surface area contributed by atoms with Crippen molar-refractivity contribution in [3.8, 4) is 0 Å². The van der Waals surface area contributed by atoms with Gasteiger partial charge in [0.15, 0.2) is 0 Å². The highest BCUT2D eigenvalue weighted by molar-refractivity contribution is 9.10. The van der Waals surface area contributed by atoms with E-state index in [1.807, 2.05) is 0 Å². The molecule has 0 aliphatic heterocycles. The minimum absolute atomic E-state index is 0.374. The molecule has 54 valence electrons. The molecule has 0 heterocycles. The highest BCUT2D eigenvalue weighted by atomic mass is 79.9. The predicted molar refractivity (Wildman–Crippen MR) is 47.3 cm³/mol. The normalized spacial score (nSPS) is 45.0. The van der Waals surface area contributed by atoms with Crippen LogP contribution in [0, 0.1) is 0 Å². The van der Waals surface area contributed by atoms with Gasteiger partial charge in [0.25, 0.3) is 0 Å². The summed E-state index contributed by atoms with van der Waals surface area (Å²) in [4.78, 5) is 1.21. The van der Waals surface area contributed by atoms with Gasteiger partial charge in [-0.25, -0.2) is 0 Å². The van der Waals surface area contributed by atoms with Crippen LogP contribution in [-0.4, -0.2) is 15.7 Å². The third-order valence-corrected chi connectivity index (χ3v) is 3.64. The first-order valence-corrected chi connectivity index (χ1v) is 5.07. The predicted octanol–water partition coefficient (Wildman–Crippen LogP) is 2.02. The smallest absolute Gasteiger partial charge is 0.0307 e. The lowest BCUT2D eigenvalue weighted by atomic mass is 9.96. The van der Waals surface area contributed by atoms with Crippen molar-refractivity contribution in [2.45, 2.75) is 35.0 Å². The number of hydrogen-bond acceptors (Lipinski definition) is 1. The van der Waals surface area contributed by atoms with Crippen LogP contribution >= 0.6 is 31.9 Å². The van der Waals surface area contributed by atoms with Gasteiger partial charge >= 0.3 is 0 Å². The Kier molecular flexibility index (Phi) is 2.99. The van der Waals surface area contributed by atoms with Gasteiger partial charge in [0.2, 0.25) is 0 Å². The molecule has 0 spiro atoms. The molecule has 1 rings (SSSR count). The topological polar surface area (TPSA) is 26.0 Å². The fraction of sp³-hybridized carbons (Fsp3) is 1.00. The zero-order valence-electron chi connectivity index (χ0n) is 5.19. The minimum Gasteiger partial charge on any atom is -0.327 e. The first-order chi connectivity index (χ1) is 4.20. The molecule has 1 fully saturated rings. The molecule has 0 aromatic heterocycles. The Hall–Kier alpha value is 0.920. The van der Waals surface area contributed by atoms with E-state index >= 15 is 0 Å². The largest absolute Gasteiger partial charge is 0.327 e. The van der Waals surface area contributed by atoms with Crippen LogP contribution in [0.2, 0.25) is 0 Å². The molecule has 2 N–H and O–H groups in total. The Bertz CT molecular complexity index is 97.1. The number of nitrogens with two attached hydrogens (primary N) is 1. The van der Waals surface area contributed by atoms with Gasteiger partial charge in [0.1, 0.15) is 0 Å². The average Bonchev–Trinajstić information content (AvgIpc) is 1.80. The maximum atomic E-state index is 5.77. The van der Waals surface area contributed by atoms with E-state index in [0.29, 0.717) is 15.7 Å². The average molecular weight is 257 g/mol. The molecule has 1 nitrogen and oxygen atoms in total. The molecular formula is C6H11Br2N. The third kappa shape index (κ3) is 2.20. The highest BCUT2D eigenvalue weighted by Crippen LogP contribution is 2.27. The molecule has 0 amide bonds. The van der Waals surface area contributed by atoms with Crippen molar-refractivity contribution in [3.63, 3.8) is 0 Å². The van der Waals surface area contributed by atoms with E-state index in [1.54, 1.807) is 0 Å². The first-order valence-electron chi connectivity index (χ1n) is 3.24. The summed E-state index contributed by atoms with van der Waals surface area (Å²) in [5, 5.41) is 0. The third-order valence-electron chi connectivity index (χ3n) is 1.76. The van der Waals surface area contributed by atoms with E-state index in [0.717, 1.165) is 6.42 Å². The molecule has 9 heavy (non-hydrogen) atoms. The maximum absolute atomic E-state index is 5.77. The molecule has 0 aromatic carbocycles. The second-order valence-corrected chi connectivity index (χ2v) is 5.06. The molecule has 1 aliphatic carbocycles. The van der Waals surface area contributed by atoms with Crippen LogP contribution in [-0.2, 0) is 0 Å². The molecule has 3 unspecified atom stereocenters. The lowest BCUT2D eigenvalue weighted by molar-refractivity contribution is 0.472. The second kappa shape index (κ2) is 3.35. The minimum atomic E-state index is 0.374. The van der Waals surface area contributed by atoms with Crippen molar-refractivity contribution in [2.75, 3.05) is 0 Å². The monoisotopic (exact) mass is 255 g/mol. The molecular weight excluding hydrogens is 246 g/mol. The van der Waals surface area contributed by atoms with Crippen LogP contribution in [0.4, 0.5) is 0 Å². The quantitative estimate of drug-likeness (QED) is 0.660. The molecule has 0 saturated heterocycles. The van der Waals surface area contributed by atoms with E-state index in [9.17, 15) is 0 Å². The summed E-state index contributed by atoms with van der Waals surface area (Å²) >= 11 is 7.11. The van der Waals surface area contributed by atoms with Crippen molar-refractivity contribution in [1.29, 1.82) is 0 Å². The van der Waals surface area contributed by atoms with Crippen molar-refractivity contribution in [1.82, 2.24) is 0 Å². The maximum Gasteiger partial charge on any atom is 0.0307 e. The summed E-state index contributed by atoms with van der Waals surface area (Å²) in [5.41, 5.74) is 5.77. The van der Waals surface area contributed by atoms with Gasteiger partial charge in [-0.05, 0) is 19.3 Å². The van der Waals surface area contributed by atoms with Gasteiger partial charge in [-0.15, -0.1) is 0 Å². The Morgan fingerprint density at radius 1 is 1.22 bits per heavy atom. The van der Waals surface area contributed by atoms with Gasteiger partial charge in [0.05, 0.1) is 0 Å². The van der Waals surface area contributed by atoms with Crippen molar-refractivity contribution >= 4 is 31.9 Å². The first kappa shape index (κ1) is 8.02. The van der Waals surface area contributed by atoms with E-state index in [4.69, 9.17) is 5.73 Å². The fourth-order valence-corrected chi connectivity index (χ4v) is 2.98. The Balaban J connectivity index is 2.35. The van der Waals surface area contributed by atoms with Gasteiger partial charge in [-0.3, -0.25) is 0 Å². The number of hydrogen-bond donors (Lipinski definition) is 1. The number of rotatable bonds is 0. The summed E-state index contributed by atoms with van der Waals surface area (Å²) < 4.78 is 0. The standard InChI is InChI=1S/C6H11Br2N/c7-4-1-2-6(9)5(8)3-4/h4-6H,1-3,9H2. The summed E-state index contributed by atoms with van der Waals surface area (Å²) in [6.07, 6.45) is 3.54. The Labute approximate surface area is 72.6 Å². The molecule has 3 heteroatoms. The fourth-order valence-electron chi connectivity index (χ4n) is 1.09. The van der Waals surface area contributed by atoms with E-state index < -0.39 is 0 Å². The lowest BCUT2D eigenvalue weighted by Crippen LogP contribution is -2.36. The molecule has 1 aliphatic rings. The van der Waals surface area contributed by atoms with Crippen LogP contribution in [0.5, 0.6) is 0 Å². The summed E-state index contributed by atoms with van der Waals surface area (Å²) in [6.45, 7) is 0. The van der Waals surface area contributed by atoms with Crippen molar-refractivity contribution in [2.24, 2.45) is 5.73 Å². The van der Waals surface area contributed by atoms with Crippen LogP contribution in [0.1, 0.15) is 19.3 Å². The van der Waals surface area contributed by atoms with Gasteiger partial charge in [0, 0.05) is 15.7 Å². The van der Waals surface area contributed by atoms with Crippen LogP contribution in [0.3, 0.4) is 0 Å². The molecule has 1 saturated carbocycles. The molecule has 0 bridgehead atoms. The molecule has 0 aromatic rings. The Morgan fingerprint density at radius 3 is 2.33 bits per heavy atom. The van der Waals surface area contributed by atoms with Crippen molar-refractivity contribution < 1.29 is 0 Å². The molecule has 0 radical (unpaired) electrons. The number of halogens is 2. The lowest BCUT2D eigenvalue weighted by Gasteiger charge is -2.27. The second-order valence-electron chi connectivity index (χ2n) is 2.59. The van der Waals surface area contributed by atoms with E-state index in [2.05, 4.69) is 31.9 Å². The van der Waals surface area contributed by atoms with Crippen molar-refractivity contribution in [3.05, 3.63) is 0 Å². The molecule has 3 atom stereocenters. The van der Waals surface area contributed by atoms with E-state index in [1.165, 1.54) is 12.8 Å². The van der Waals surface area contributed by atoms with Crippen LogP contribution in [0.15, 0.2) is 0 Å². The summed E-state index contributed by atoms with van der Waals surface area (Å²) in [7, 11) is 0. The zero-order chi connectivity index (χ0) is 6.85. The van der Waals surface area contributed by atoms with E-state index in [-0.39, 0.29) is 0 Å². The van der Waals surface area contributed by atoms with Gasteiger partial charge in [-0.2, -0.15) is 0 Å². The van der Waals surface area contributed by atoms with Gasteiger partial charge < -0.3 is 5.73 Å².